The molecule has 1 N–H and O–H groups in total. The highest BCUT2D eigenvalue weighted by atomic mass is 15.2. The van der Waals surface area contributed by atoms with Gasteiger partial charge in [0.05, 0.1) is 0 Å². The van der Waals surface area contributed by atoms with Crippen molar-refractivity contribution < 1.29 is 0 Å². The van der Waals surface area contributed by atoms with E-state index in [1.54, 1.807) is 0 Å². The number of hydrogen-bond acceptors (Lipinski definition) is 3. The predicted octanol–water partition coefficient (Wildman–Crippen LogP) is 1.54. The van der Waals surface area contributed by atoms with Crippen LogP contribution in [0.25, 0.3) is 0 Å². The maximum absolute atomic E-state index is 3.83. The van der Waals surface area contributed by atoms with Crippen LogP contribution in [0, 0.1) is 5.92 Å². The Morgan fingerprint density at radius 2 is 1.78 bits per heavy atom. The van der Waals surface area contributed by atoms with E-state index in [0.717, 1.165) is 24.0 Å². The summed E-state index contributed by atoms with van der Waals surface area (Å²) in [6.07, 6.45) is 6.99. The minimum Gasteiger partial charge on any atom is -0.310 e. The van der Waals surface area contributed by atoms with Gasteiger partial charge >= 0.3 is 0 Å². The van der Waals surface area contributed by atoms with Crippen molar-refractivity contribution in [3.63, 3.8) is 0 Å². The molecule has 18 heavy (non-hydrogen) atoms. The van der Waals surface area contributed by atoms with Crippen LogP contribution < -0.4 is 5.32 Å². The normalized spacial score (nSPS) is 40.0. The van der Waals surface area contributed by atoms with E-state index in [-0.39, 0.29) is 0 Å². The summed E-state index contributed by atoms with van der Waals surface area (Å²) in [6, 6.07) is 2.48. The highest BCUT2D eigenvalue weighted by molar-refractivity contribution is 4.92. The predicted molar refractivity (Wildman–Crippen MR) is 75.8 cm³/mol. The average molecular weight is 251 g/mol. The van der Waals surface area contributed by atoms with Gasteiger partial charge < -0.3 is 10.2 Å². The van der Waals surface area contributed by atoms with Gasteiger partial charge in [-0.05, 0) is 58.2 Å². The molecule has 1 saturated carbocycles. The first-order valence-corrected chi connectivity index (χ1v) is 7.91. The lowest BCUT2D eigenvalue weighted by molar-refractivity contribution is 0.0510. The summed E-state index contributed by atoms with van der Waals surface area (Å²) in [4.78, 5) is 5.28. The first-order chi connectivity index (χ1) is 8.72. The van der Waals surface area contributed by atoms with Gasteiger partial charge in [-0.3, -0.25) is 4.90 Å². The van der Waals surface area contributed by atoms with Gasteiger partial charge in [0.2, 0.25) is 0 Å². The van der Waals surface area contributed by atoms with Crippen molar-refractivity contribution in [2.75, 3.05) is 33.2 Å². The van der Waals surface area contributed by atoms with Crippen LogP contribution in [0.15, 0.2) is 0 Å². The van der Waals surface area contributed by atoms with Crippen molar-refractivity contribution in [3.8, 4) is 0 Å². The molecule has 0 aromatic heterocycles. The third-order valence-corrected chi connectivity index (χ3v) is 5.03. The molecule has 3 nitrogen and oxygen atoms in total. The lowest BCUT2D eigenvalue weighted by Gasteiger charge is -2.45. The molecule has 0 amide bonds. The molecule has 3 atom stereocenters. The molecule has 104 valence electrons. The number of piperidine rings is 2. The third-order valence-electron chi connectivity index (χ3n) is 5.03. The van der Waals surface area contributed by atoms with Crippen molar-refractivity contribution in [1.29, 1.82) is 0 Å². The van der Waals surface area contributed by atoms with Gasteiger partial charge in [-0.2, -0.15) is 0 Å². The molecule has 0 radical (unpaired) electrons. The van der Waals surface area contributed by atoms with Gasteiger partial charge in [-0.25, -0.2) is 0 Å². The second-order valence-corrected chi connectivity index (χ2v) is 6.87. The first kappa shape index (κ1) is 12.9. The minimum absolute atomic E-state index is 0.776. The molecule has 0 aromatic rings. The van der Waals surface area contributed by atoms with E-state index in [1.165, 1.54) is 58.3 Å². The first-order valence-electron chi connectivity index (χ1n) is 7.91. The highest BCUT2D eigenvalue weighted by Gasteiger charge is 2.33. The molecule has 0 bridgehead atoms. The van der Waals surface area contributed by atoms with Crippen molar-refractivity contribution in [1.82, 2.24) is 15.1 Å². The van der Waals surface area contributed by atoms with Crippen LogP contribution in [-0.2, 0) is 0 Å². The zero-order valence-corrected chi connectivity index (χ0v) is 12.1. The van der Waals surface area contributed by atoms with Crippen molar-refractivity contribution >= 4 is 0 Å². The molecule has 2 saturated heterocycles. The number of nitrogens with zero attached hydrogens (tertiary/aromatic N) is 2. The minimum atomic E-state index is 0.776. The van der Waals surface area contributed by atoms with Gasteiger partial charge in [0, 0.05) is 31.2 Å². The summed E-state index contributed by atoms with van der Waals surface area (Å²) in [5, 5.41) is 3.83. The smallest absolute Gasteiger partial charge is 0.0198 e. The van der Waals surface area contributed by atoms with Gasteiger partial charge in [0.25, 0.3) is 0 Å². The van der Waals surface area contributed by atoms with Crippen LogP contribution in [0.3, 0.4) is 0 Å². The molecule has 0 spiro atoms. The highest BCUT2D eigenvalue weighted by Crippen LogP contribution is 2.26. The van der Waals surface area contributed by atoms with E-state index in [0.29, 0.717) is 0 Å². The maximum atomic E-state index is 3.83. The zero-order chi connectivity index (χ0) is 12.5. The Morgan fingerprint density at radius 1 is 0.944 bits per heavy atom. The summed E-state index contributed by atoms with van der Waals surface area (Å²) in [6.45, 7) is 7.64. The zero-order valence-electron chi connectivity index (χ0n) is 12.1. The van der Waals surface area contributed by atoms with Gasteiger partial charge in [-0.1, -0.05) is 6.92 Å². The second kappa shape index (κ2) is 5.48. The SMILES string of the molecule is CC1CN(C)CCC1N1CCCC(NC2CC2)C1. The van der Waals surface area contributed by atoms with E-state index in [1.807, 2.05) is 0 Å². The van der Waals surface area contributed by atoms with E-state index in [2.05, 4.69) is 29.1 Å². The fraction of sp³-hybridized carbons (Fsp3) is 1.00. The standard InChI is InChI=1S/C15H29N3/c1-12-10-17(2)9-7-15(12)18-8-3-4-14(11-18)16-13-5-6-13/h12-16H,3-11H2,1-2H3. The largest absolute Gasteiger partial charge is 0.310 e. The number of likely N-dealkylation sites (tertiary alicyclic amines) is 2. The third kappa shape index (κ3) is 3.06. The molecule has 3 aliphatic rings. The Labute approximate surface area is 112 Å². The van der Waals surface area contributed by atoms with Gasteiger partial charge in [0.1, 0.15) is 0 Å². The molecule has 2 aliphatic heterocycles. The van der Waals surface area contributed by atoms with E-state index in [9.17, 15) is 0 Å². The summed E-state index contributed by atoms with van der Waals surface area (Å²) in [5.74, 6) is 0.837. The Kier molecular flexibility index (Phi) is 3.92. The Morgan fingerprint density at radius 3 is 2.50 bits per heavy atom. The molecule has 3 heteroatoms. The molecule has 3 unspecified atom stereocenters. The summed E-state index contributed by atoms with van der Waals surface area (Å²) < 4.78 is 0. The van der Waals surface area contributed by atoms with E-state index in [4.69, 9.17) is 0 Å². The topological polar surface area (TPSA) is 18.5 Å². The van der Waals surface area contributed by atoms with Crippen LogP contribution in [0.5, 0.6) is 0 Å². The lowest BCUT2D eigenvalue weighted by atomic mass is 9.90. The maximum Gasteiger partial charge on any atom is 0.0198 e. The van der Waals surface area contributed by atoms with Crippen LogP contribution in [-0.4, -0.2) is 61.2 Å². The van der Waals surface area contributed by atoms with E-state index >= 15 is 0 Å². The monoisotopic (exact) mass is 251 g/mol. The summed E-state index contributed by atoms with van der Waals surface area (Å²) in [7, 11) is 2.26. The molecular formula is C15H29N3. The van der Waals surface area contributed by atoms with Crippen molar-refractivity contribution in [2.45, 2.75) is 57.2 Å². The van der Waals surface area contributed by atoms with Crippen molar-refractivity contribution in [2.24, 2.45) is 5.92 Å². The van der Waals surface area contributed by atoms with Gasteiger partial charge in [-0.15, -0.1) is 0 Å². The fourth-order valence-electron chi connectivity index (χ4n) is 3.91. The van der Waals surface area contributed by atoms with Crippen LogP contribution in [0.1, 0.15) is 39.0 Å². The van der Waals surface area contributed by atoms with Crippen LogP contribution >= 0.6 is 0 Å². The Bertz CT molecular complexity index is 277. The fourth-order valence-corrected chi connectivity index (χ4v) is 3.91. The second-order valence-electron chi connectivity index (χ2n) is 6.87. The number of rotatable bonds is 3. The Balaban J connectivity index is 1.54. The quantitative estimate of drug-likeness (QED) is 0.821. The molecule has 3 fully saturated rings. The Hall–Kier alpha value is -0.120. The van der Waals surface area contributed by atoms with Crippen LogP contribution in [0.4, 0.5) is 0 Å². The molecule has 3 rings (SSSR count). The van der Waals surface area contributed by atoms with Crippen molar-refractivity contribution in [3.05, 3.63) is 0 Å². The summed E-state index contributed by atoms with van der Waals surface area (Å²) in [5.41, 5.74) is 0. The number of nitrogens with one attached hydrogen (secondary N) is 1. The molecule has 0 aromatic carbocycles. The molecule has 2 heterocycles. The molecular weight excluding hydrogens is 222 g/mol. The van der Waals surface area contributed by atoms with E-state index < -0.39 is 0 Å². The molecule has 1 aliphatic carbocycles. The van der Waals surface area contributed by atoms with Gasteiger partial charge in [0.15, 0.2) is 0 Å². The summed E-state index contributed by atoms with van der Waals surface area (Å²) >= 11 is 0. The number of hydrogen-bond donors (Lipinski definition) is 1. The lowest BCUT2D eigenvalue weighted by Crippen LogP contribution is -2.55. The van der Waals surface area contributed by atoms with Crippen LogP contribution in [0.2, 0.25) is 0 Å². The average Bonchev–Trinajstić information content (AvgIpc) is 3.13.